The van der Waals surface area contributed by atoms with Crippen LogP contribution in [0.15, 0.2) is 17.3 Å². The van der Waals surface area contributed by atoms with Crippen molar-refractivity contribution in [3.63, 3.8) is 0 Å². The molecule has 0 radical (unpaired) electrons. The topological polar surface area (TPSA) is 105 Å². The van der Waals surface area contributed by atoms with Crippen LogP contribution in [0, 0.1) is 0 Å². The first kappa shape index (κ1) is 14.5. The van der Waals surface area contributed by atoms with Crippen molar-refractivity contribution in [3.8, 4) is 5.75 Å². The number of carbonyl (C=O) groups excluding carboxylic acids is 2. The molecule has 0 aliphatic carbocycles. The molecule has 19 heavy (non-hydrogen) atoms. The average Bonchev–Trinajstić information content (AvgIpc) is 2.43. The van der Waals surface area contributed by atoms with Crippen molar-refractivity contribution in [2.24, 2.45) is 5.16 Å². The number of rotatable bonds is 4. The van der Waals surface area contributed by atoms with Crippen molar-refractivity contribution in [3.05, 3.63) is 28.8 Å². The van der Waals surface area contributed by atoms with Crippen LogP contribution >= 0.6 is 0 Å². The highest BCUT2D eigenvalue weighted by Crippen LogP contribution is 2.25. The molecule has 7 heteroatoms. The molecule has 1 rings (SSSR count). The van der Waals surface area contributed by atoms with Crippen molar-refractivity contribution in [1.29, 1.82) is 0 Å². The minimum absolute atomic E-state index is 0.00259. The van der Waals surface area contributed by atoms with Crippen LogP contribution in [-0.4, -0.2) is 42.7 Å². The van der Waals surface area contributed by atoms with Gasteiger partial charge in [0, 0.05) is 18.2 Å². The van der Waals surface area contributed by atoms with E-state index in [0.717, 1.165) is 6.21 Å². The van der Waals surface area contributed by atoms with E-state index in [0.29, 0.717) is 0 Å². The van der Waals surface area contributed by atoms with E-state index in [-0.39, 0.29) is 28.9 Å². The summed E-state index contributed by atoms with van der Waals surface area (Å²) in [6.45, 7) is 0. The molecule has 7 nitrogen and oxygen atoms in total. The van der Waals surface area contributed by atoms with Gasteiger partial charge in [-0.15, -0.1) is 5.16 Å². The van der Waals surface area contributed by atoms with Gasteiger partial charge in [-0.2, -0.15) is 0 Å². The smallest absolute Gasteiger partial charge is 0.338 e. The van der Waals surface area contributed by atoms with Gasteiger partial charge in [0.15, 0.2) is 0 Å². The number of nitrogens with zero attached hydrogens (tertiary/aromatic N) is 1. The summed E-state index contributed by atoms with van der Waals surface area (Å²) < 4.78 is 9.08. The Bertz CT molecular complexity index is 523. The second-order valence-corrected chi connectivity index (χ2v) is 3.51. The van der Waals surface area contributed by atoms with E-state index in [4.69, 9.17) is 5.21 Å². The summed E-state index contributed by atoms with van der Waals surface area (Å²) in [4.78, 5) is 23.0. The van der Waals surface area contributed by atoms with Gasteiger partial charge in [-0.3, -0.25) is 0 Å². The van der Waals surface area contributed by atoms with Crippen molar-refractivity contribution < 1.29 is 29.4 Å². The number of phenols is 1. The molecule has 0 heterocycles. The van der Waals surface area contributed by atoms with Gasteiger partial charge >= 0.3 is 11.9 Å². The van der Waals surface area contributed by atoms with Crippen LogP contribution in [0.4, 0.5) is 0 Å². The lowest BCUT2D eigenvalue weighted by molar-refractivity contribution is 0.0597. The molecular weight excluding hydrogens is 254 g/mol. The number of carbonyl (C=O) groups is 2. The van der Waals surface area contributed by atoms with Gasteiger partial charge in [0.05, 0.1) is 25.3 Å². The molecule has 0 spiro atoms. The SMILES string of the molecule is COC(=O)c1cc(O)c(C/C=N/O)c(C(=O)OC)c1. The van der Waals surface area contributed by atoms with Crippen molar-refractivity contribution in [1.82, 2.24) is 0 Å². The van der Waals surface area contributed by atoms with E-state index in [1.807, 2.05) is 0 Å². The maximum absolute atomic E-state index is 11.6. The molecule has 1 aromatic carbocycles. The number of hydrogen-bond donors (Lipinski definition) is 2. The molecule has 0 saturated carbocycles. The molecule has 0 unspecified atom stereocenters. The standard InChI is InChI=1S/C12H13NO6/c1-18-11(15)7-5-9(12(16)19-2)8(3-4-13-17)10(14)6-7/h4-6,14,17H,3H2,1-2H3/b13-4+. The van der Waals surface area contributed by atoms with E-state index in [2.05, 4.69) is 14.6 Å². The van der Waals surface area contributed by atoms with Gasteiger partial charge in [-0.05, 0) is 12.1 Å². The largest absolute Gasteiger partial charge is 0.508 e. The molecule has 0 aliphatic heterocycles. The van der Waals surface area contributed by atoms with Crippen LogP contribution in [0.1, 0.15) is 26.3 Å². The summed E-state index contributed by atoms with van der Waals surface area (Å²) in [5.41, 5.74) is 0.213. The summed E-state index contributed by atoms with van der Waals surface area (Å²) in [5.74, 6) is -1.70. The van der Waals surface area contributed by atoms with Crippen LogP contribution in [0.5, 0.6) is 5.75 Å². The van der Waals surface area contributed by atoms with Crippen LogP contribution in [0.2, 0.25) is 0 Å². The summed E-state index contributed by atoms with van der Waals surface area (Å²) in [6.07, 6.45) is 1.10. The highest BCUT2D eigenvalue weighted by molar-refractivity contribution is 5.98. The fourth-order valence-corrected chi connectivity index (χ4v) is 1.53. The number of esters is 2. The Balaban J connectivity index is 3.37. The zero-order chi connectivity index (χ0) is 14.4. The Morgan fingerprint density at radius 3 is 2.42 bits per heavy atom. The summed E-state index contributed by atoms with van der Waals surface area (Å²) >= 11 is 0. The fraction of sp³-hybridized carbons (Fsp3) is 0.250. The Morgan fingerprint density at radius 2 is 1.89 bits per heavy atom. The second kappa shape index (κ2) is 6.39. The Kier molecular flexibility index (Phi) is 4.87. The minimum Gasteiger partial charge on any atom is -0.508 e. The zero-order valence-electron chi connectivity index (χ0n) is 10.4. The lowest BCUT2D eigenvalue weighted by atomic mass is 10.0. The average molecular weight is 267 g/mol. The third-order valence-electron chi connectivity index (χ3n) is 2.43. The normalized spacial score (nSPS) is 10.4. The molecule has 0 fully saturated rings. The highest BCUT2D eigenvalue weighted by atomic mass is 16.5. The molecule has 0 bridgehead atoms. The predicted molar refractivity (Wildman–Crippen MR) is 64.8 cm³/mol. The van der Waals surface area contributed by atoms with Gasteiger partial charge in [0.25, 0.3) is 0 Å². The first-order chi connectivity index (χ1) is 9.04. The van der Waals surface area contributed by atoms with Crippen LogP contribution in [0.3, 0.4) is 0 Å². The minimum atomic E-state index is -0.720. The number of hydrogen-bond acceptors (Lipinski definition) is 7. The summed E-state index contributed by atoms with van der Waals surface area (Å²) in [7, 11) is 2.36. The molecule has 2 N–H and O–H groups in total. The van der Waals surface area contributed by atoms with Gasteiger partial charge < -0.3 is 19.8 Å². The molecule has 0 aromatic heterocycles. The number of benzene rings is 1. The zero-order valence-corrected chi connectivity index (χ0v) is 10.4. The Labute approximate surface area is 109 Å². The van der Waals surface area contributed by atoms with E-state index in [1.54, 1.807) is 0 Å². The molecule has 102 valence electrons. The number of aromatic hydroxyl groups is 1. The van der Waals surface area contributed by atoms with E-state index >= 15 is 0 Å². The first-order valence-corrected chi connectivity index (χ1v) is 5.23. The monoisotopic (exact) mass is 267 g/mol. The lowest BCUT2D eigenvalue weighted by Gasteiger charge is -2.10. The second-order valence-electron chi connectivity index (χ2n) is 3.51. The molecular formula is C12H13NO6. The van der Waals surface area contributed by atoms with E-state index < -0.39 is 11.9 Å². The maximum Gasteiger partial charge on any atom is 0.338 e. The van der Waals surface area contributed by atoms with Crippen LogP contribution in [0.25, 0.3) is 0 Å². The Morgan fingerprint density at radius 1 is 1.26 bits per heavy atom. The van der Waals surface area contributed by atoms with Gasteiger partial charge in [-0.1, -0.05) is 0 Å². The molecule has 0 amide bonds. The summed E-state index contributed by atoms with van der Waals surface area (Å²) in [6, 6.07) is 2.41. The lowest BCUT2D eigenvalue weighted by Crippen LogP contribution is -2.10. The predicted octanol–water partition coefficient (Wildman–Crippen LogP) is 0.968. The number of ether oxygens (including phenoxy) is 2. The van der Waals surface area contributed by atoms with E-state index in [1.165, 1.54) is 26.4 Å². The van der Waals surface area contributed by atoms with Crippen LogP contribution < -0.4 is 0 Å². The number of oxime groups is 1. The van der Waals surface area contributed by atoms with Gasteiger partial charge in [0.2, 0.25) is 0 Å². The maximum atomic E-state index is 11.6. The fourth-order valence-electron chi connectivity index (χ4n) is 1.53. The number of phenolic OH excluding ortho intramolecular Hbond substituents is 1. The molecule has 0 saturated heterocycles. The Hall–Kier alpha value is -2.57. The highest BCUT2D eigenvalue weighted by Gasteiger charge is 2.19. The quantitative estimate of drug-likeness (QED) is 0.364. The van der Waals surface area contributed by atoms with Crippen molar-refractivity contribution in [2.75, 3.05) is 14.2 Å². The van der Waals surface area contributed by atoms with E-state index in [9.17, 15) is 14.7 Å². The van der Waals surface area contributed by atoms with Crippen molar-refractivity contribution >= 4 is 18.2 Å². The van der Waals surface area contributed by atoms with Crippen molar-refractivity contribution in [2.45, 2.75) is 6.42 Å². The van der Waals surface area contributed by atoms with Gasteiger partial charge in [0.1, 0.15) is 5.75 Å². The number of methoxy groups -OCH3 is 2. The molecule has 1 aromatic rings. The third kappa shape index (κ3) is 3.21. The molecule has 0 aliphatic rings. The van der Waals surface area contributed by atoms with Crippen LogP contribution in [-0.2, 0) is 15.9 Å². The molecule has 0 atom stereocenters. The third-order valence-corrected chi connectivity index (χ3v) is 2.43. The summed E-state index contributed by atoms with van der Waals surface area (Å²) in [5, 5.41) is 21.0. The van der Waals surface area contributed by atoms with Gasteiger partial charge in [-0.25, -0.2) is 9.59 Å². The first-order valence-electron chi connectivity index (χ1n) is 5.23.